The largest absolute Gasteiger partial charge is 0.507 e. The molecule has 4 aliphatic rings. The summed E-state index contributed by atoms with van der Waals surface area (Å²) in [6, 6.07) is 3.39. The number of Topliss-reactive ketones (excluding diaryl/α,β-unsaturated/α-hetero) is 1. The monoisotopic (exact) mass is 956 g/mol. The summed E-state index contributed by atoms with van der Waals surface area (Å²) in [4.78, 5) is 46.0. The molecule has 4 heterocycles. The van der Waals surface area contributed by atoms with Gasteiger partial charge in [0.05, 0.1) is 41.2 Å². The number of allylic oxidation sites excluding steroid dienone is 2. The first-order chi connectivity index (χ1) is 32.6. The first-order valence-electron chi connectivity index (χ1n) is 23.8. The zero-order valence-electron chi connectivity index (χ0n) is 41.4. The Labute approximate surface area is 403 Å². The molecular formula is C52H68N4O13. The second-order valence-electron chi connectivity index (χ2n) is 19.6. The number of aliphatic hydroxyl groups excluding tert-OH is 2. The number of ketones is 1. The molecule has 0 unspecified atom stereocenters. The lowest BCUT2D eigenvalue weighted by Crippen LogP contribution is -2.46. The number of nitrogens with one attached hydrogen (secondary N) is 2. The standard InChI is InChI=1S/C52H68N4O13/c1-25(2)15-17-55-18-20-56(21-19-55)33-23-34(58)40-36(24-33)68-49-41(53-40)37-38-45(61)31(8)48-39(37)50(63)52(10,69-48)66-22-16-35(65-11)28(5)47(67-32(9)57)30(7)44(60)29(6)43(59)26(3)13-12-14-27(4)51(64)54-42(49)46(38)62/h12-14,16,22-26,28-30,35,43-44,47,53,58-62H,15,17-21H2,1-11H3,(H,54,64)/b13-12+,22-16+,27-14-/t26-,28+,29+,30+,35-,43-,44+,47+,52-/m0/s1. The van der Waals surface area contributed by atoms with Crippen molar-refractivity contribution in [1.82, 2.24) is 4.90 Å². The number of hydrogen-bond acceptors (Lipinski definition) is 16. The number of esters is 1. The second-order valence-corrected chi connectivity index (χ2v) is 19.6. The van der Waals surface area contributed by atoms with Crippen molar-refractivity contribution >= 4 is 51.2 Å². The van der Waals surface area contributed by atoms with Crippen molar-refractivity contribution in [2.75, 3.05) is 55.4 Å². The number of aromatic hydroxyl groups is 3. The number of carbonyl (C=O) groups is 3. The molecule has 3 aromatic rings. The number of amides is 1. The van der Waals surface area contributed by atoms with Crippen LogP contribution in [0.25, 0.3) is 10.8 Å². The molecule has 9 atom stereocenters. The average molecular weight is 957 g/mol. The number of piperazine rings is 1. The minimum Gasteiger partial charge on any atom is -0.507 e. The van der Waals surface area contributed by atoms with Crippen molar-refractivity contribution < 1.29 is 63.6 Å². The first-order valence-corrected chi connectivity index (χ1v) is 23.8. The van der Waals surface area contributed by atoms with Gasteiger partial charge in [-0.05, 0) is 38.8 Å². The summed E-state index contributed by atoms with van der Waals surface area (Å²) in [5.74, 6) is -7.15. The lowest BCUT2D eigenvalue weighted by Gasteiger charge is -2.38. The van der Waals surface area contributed by atoms with Gasteiger partial charge in [0, 0.05) is 105 Å². The molecule has 0 saturated carbocycles. The van der Waals surface area contributed by atoms with Gasteiger partial charge in [0.25, 0.3) is 11.7 Å². The van der Waals surface area contributed by atoms with Crippen LogP contribution in [0, 0.1) is 36.5 Å². The van der Waals surface area contributed by atoms with E-state index in [4.69, 9.17) is 23.7 Å². The third-order valence-electron chi connectivity index (χ3n) is 14.3. The van der Waals surface area contributed by atoms with E-state index in [0.717, 1.165) is 26.1 Å². The highest BCUT2D eigenvalue weighted by Crippen LogP contribution is 2.61. The van der Waals surface area contributed by atoms with Crippen LogP contribution in [0.2, 0.25) is 0 Å². The molecule has 374 valence electrons. The van der Waals surface area contributed by atoms with Gasteiger partial charge in [0.2, 0.25) is 0 Å². The summed E-state index contributed by atoms with van der Waals surface area (Å²) >= 11 is 0. The Bertz CT molecular complexity index is 2580. The van der Waals surface area contributed by atoms with E-state index in [-0.39, 0.29) is 67.5 Å². The van der Waals surface area contributed by atoms with Gasteiger partial charge < -0.3 is 64.8 Å². The molecule has 0 radical (unpaired) electrons. The number of anilines is 4. The quantitative estimate of drug-likeness (QED) is 0.0556. The smallest absolute Gasteiger partial charge is 0.312 e. The predicted octanol–water partition coefficient (Wildman–Crippen LogP) is 7.77. The molecule has 1 saturated heterocycles. The predicted molar refractivity (Wildman–Crippen MR) is 262 cm³/mol. The molecule has 0 aliphatic carbocycles. The third-order valence-corrected chi connectivity index (χ3v) is 14.3. The number of carbonyl (C=O) groups excluding carboxylic acids is 3. The van der Waals surface area contributed by atoms with Crippen LogP contribution in [0.3, 0.4) is 0 Å². The molecule has 3 aromatic carbocycles. The number of ether oxygens (including phenoxy) is 5. The number of nitrogens with zero attached hydrogens (tertiary/aromatic N) is 2. The Morgan fingerprint density at radius 2 is 1.58 bits per heavy atom. The fourth-order valence-corrected chi connectivity index (χ4v) is 9.82. The molecule has 4 bridgehead atoms. The lowest BCUT2D eigenvalue weighted by atomic mass is 9.78. The highest BCUT2D eigenvalue weighted by molar-refractivity contribution is 6.25. The zero-order chi connectivity index (χ0) is 50.4. The van der Waals surface area contributed by atoms with Crippen molar-refractivity contribution in [3.8, 4) is 34.5 Å². The number of hydrogen-bond donors (Lipinski definition) is 7. The number of phenolic OH excluding ortho intramolecular Hbond substituents is 3. The summed E-state index contributed by atoms with van der Waals surface area (Å²) in [7, 11) is 1.45. The van der Waals surface area contributed by atoms with E-state index >= 15 is 0 Å². The maximum atomic E-state index is 14.9. The van der Waals surface area contributed by atoms with Crippen LogP contribution >= 0.6 is 0 Å². The van der Waals surface area contributed by atoms with E-state index in [1.807, 2.05) is 0 Å². The Balaban J connectivity index is 1.36. The summed E-state index contributed by atoms with van der Waals surface area (Å²) in [6.45, 7) is 21.1. The number of phenols is 3. The topological polar surface area (TPSA) is 229 Å². The molecule has 7 N–H and O–H groups in total. The Hall–Kier alpha value is -6.01. The first kappa shape index (κ1) is 50.9. The van der Waals surface area contributed by atoms with Crippen LogP contribution in [0.4, 0.5) is 22.7 Å². The minimum absolute atomic E-state index is 0.0295. The SMILES string of the molecule is CO[C@H]1/C=C/O[C@@]2(C)Oc3c(C)c(O)c4c(O)c(c5c(c4c3C2=O)Nc2c(O)cc(N3CCN(CCC(C)C)CC3)cc2O5)NC(=O)/C(C)=C\C=C\[C@H](C)[C@H](O)[C@@H](C)[C@@H](O)[C@@H](C)[C@H](OC(C)=O)[C@@H]1C. The maximum Gasteiger partial charge on any atom is 0.312 e. The van der Waals surface area contributed by atoms with Gasteiger partial charge in [-0.1, -0.05) is 59.8 Å². The Morgan fingerprint density at radius 3 is 2.23 bits per heavy atom. The van der Waals surface area contributed by atoms with Crippen molar-refractivity contribution in [1.29, 1.82) is 0 Å². The molecule has 0 aromatic heterocycles. The van der Waals surface area contributed by atoms with Gasteiger partial charge in [-0.2, -0.15) is 0 Å². The van der Waals surface area contributed by atoms with Crippen LogP contribution in [0.5, 0.6) is 34.5 Å². The normalized spacial score (nSPS) is 29.5. The van der Waals surface area contributed by atoms with Gasteiger partial charge in [-0.15, -0.1) is 0 Å². The van der Waals surface area contributed by atoms with E-state index in [0.29, 0.717) is 24.7 Å². The summed E-state index contributed by atoms with van der Waals surface area (Å²) < 4.78 is 30.6. The number of aliphatic hydroxyl groups is 2. The molecule has 1 amide bonds. The van der Waals surface area contributed by atoms with Crippen LogP contribution in [0.15, 0.2) is 48.3 Å². The number of fused-ring (bicyclic) bond motifs is 2. The van der Waals surface area contributed by atoms with E-state index in [1.165, 1.54) is 46.3 Å². The average Bonchev–Trinajstić information content (AvgIpc) is 3.58. The molecule has 17 heteroatoms. The molecule has 4 aliphatic heterocycles. The van der Waals surface area contributed by atoms with Gasteiger partial charge in [0.1, 0.15) is 34.7 Å². The lowest BCUT2D eigenvalue weighted by molar-refractivity contribution is -0.160. The summed E-state index contributed by atoms with van der Waals surface area (Å²) in [5, 5.41) is 64.8. The fraction of sp³-hybridized carbons (Fsp3) is 0.519. The van der Waals surface area contributed by atoms with Gasteiger partial charge in [-0.25, -0.2) is 0 Å². The second kappa shape index (κ2) is 20.1. The van der Waals surface area contributed by atoms with Gasteiger partial charge in [-0.3, -0.25) is 19.3 Å². The van der Waals surface area contributed by atoms with E-state index < -0.39 is 83.0 Å². The molecule has 69 heavy (non-hydrogen) atoms. The highest BCUT2D eigenvalue weighted by Gasteiger charge is 2.50. The van der Waals surface area contributed by atoms with Gasteiger partial charge in [0.15, 0.2) is 17.2 Å². The third kappa shape index (κ3) is 9.79. The van der Waals surface area contributed by atoms with Crippen LogP contribution in [-0.4, -0.2) is 118 Å². The van der Waals surface area contributed by atoms with Crippen molar-refractivity contribution in [3.63, 3.8) is 0 Å². The van der Waals surface area contributed by atoms with Crippen LogP contribution in [0.1, 0.15) is 84.7 Å². The van der Waals surface area contributed by atoms with E-state index in [9.17, 15) is 39.9 Å². The zero-order valence-corrected chi connectivity index (χ0v) is 41.4. The molecule has 1 fully saturated rings. The van der Waals surface area contributed by atoms with Crippen LogP contribution < -0.4 is 25.0 Å². The van der Waals surface area contributed by atoms with Crippen molar-refractivity contribution in [3.05, 3.63) is 59.4 Å². The number of methoxy groups -OCH3 is 1. The van der Waals surface area contributed by atoms with Crippen molar-refractivity contribution in [2.45, 2.75) is 106 Å². The Kier molecular flexibility index (Phi) is 14.8. The van der Waals surface area contributed by atoms with Gasteiger partial charge >= 0.3 is 11.8 Å². The van der Waals surface area contributed by atoms with Crippen LogP contribution in [-0.2, 0) is 23.8 Å². The summed E-state index contributed by atoms with van der Waals surface area (Å²) in [5.41, 5.74) is 0.815. The number of rotatable bonds is 6. The number of benzene rings is 3. The molecule has 7 rings (SSSR count). The van der Waals surface area contributed by atoms with Crippen molar-refractivity contribution in [2.24, 2.45) is 29.6 Å². The fourth-order valence-electron chi connectivity index (χ4n) is 9.82. The maximum absolute atomic E-state index is 14.9. The summed E-state index contributed by atoms with van der Waals surface area (Å²) in [6.07, 6.45) is 4.73. The Morgan fingerprint density at radius 1 is 0.884 bits per heavy atom. The van der Waals surface area contributed by atoms with E-state index in [1.54, 1.807) is 58.9 Å². The highest BCUT2D eigenvalue weighted by atomic mass is 16.7. The molecule has 17 nitrogen and oxygen atoms in total. The minimum atomic E-state index is -2.05. The molecular weight excluding hydrogens is 889 g/mol. The molecule has 0 spiro atoms. The van der Waals surface area contributed by atoms with E-state index in [2.05, 4.69) is 34.3 Å².